The molecule has 3 aromatic carbocycles. The fourth-order valence-corrected chi connectivity index (χ4v) is 4.20. The van der Waals surface area contributed by atoms with Gasteiger partial charge in [-0.05, 0) is 46.9 Å². The lowest BCUT2D eigenvalue weighted by atomic mass is 10.0. The van der Waals surface area contributed by atoms with E-state index in [1.807, 2.05) is 0 Å². The second-order valence-electron chi connectivity index (χ2n) is 6.95. The lowest BCUT2D eigenvalue weighted by Gasteiger charge is -2.28. The maximum Gasteiger partial charge on any atom is 0.0646 e. The van der Waals surface area contributed by atoms with Crippen molar-refractivity contribution in [2.24, 2.45) is 0 Å². The summed E-state index contributed by atoms with van der Waals surface area (Å²) in [6, 6.07) is 24.2. The molecule has 0 unspecified atom stereocenters. The Kier molecular flexibility index (Phi) is 3.75. The van der Waals surface area contributed by atoms with Crippen LogP contribution in [0.4, 0.5) is 17.1 Å². The highest BCUT2D eigenvalue weighted by Crippen LogP contribution is 2.44. The molecule has 128 valence electrons. The van der Waals surface area contributed by atoms with E-state index < -0.39 is 0 Å². The molecule has 0 fully saturated rings. The molecule has 0 aromatic heterocycles. The monoisotopic (exact) mass is 338 g/mol. The molecular weight excluding hydrogens is 316 g/mol. The number of hydrogen-bond acceptors (Lipinski definition) is 2. The van der Waals surface area contributed by atoms with Gasteiger partial charge in [0, 0.05) is 25.2 Å². The van der Waals surface area contributed by atoms with Gasteiger partial charge in [-0.2, -0.15) is 0 Å². The van der Waals surface area contributed by atoms with Crippen LogP contribution in [0.3, 0.4) is 0 Å². The Bertz CT molecular complexity index is 987. The van der Waals surface area contributed by atoms with Crippen molar-refractivity contribution in [1.82, 2.24) is 0 Å². The SMILES string of the molecule is C1=CCNc2ccccc2N(c2cccc3c2Cc2ccccc2-3)CC1. The lowest BCUT2D eigenvalue weighted by molar-refractivity contribution is 0.936. The Morgan fingerprint density at radius 2 is 1.54 bits per heavy atom. The first kappa shape index (κ1) is 15.3. The molecule has 26 heavy (non-hydrogen) atoms. The second kappa shape index (κ2) is 6.38. The summed E-state index contributed by atoms with van der Waals surface area (Å²) < 4.78 is 0. The molecular formula is C24H22N2. The molecule has 5 rings (SSSR count). The van der Waals surface area contributed by atoms with E-state index in [1.54, 1.807) is 0 Å². The van der Waals surface area contributed by atoms with E-state index in [4.69, 9.17) is 0 Å². The Morgan fingerprint density at radius 1 is 0.731 bits per heavy atom. The molecule has 2 nitrogen and oxygen atoms in total. The molecule has 0 radical (unpaired) electrons. The van der Waals surface area contributed by atoms with Crippen molar-refractivity contribution in [2.45, 2.75) is 12.8 Å². The minimum Gasteiger partial charge on any atom is -0.380 e. The lowest BCUT2D eigenvalue weighted by Crippen LogP contribution is -2.20. The first-order valence-corrected chi connectivity index (χ1v) is 9.37. The highest BCUT2D eigenvalue weighted by atomic mass is 15.2. The normalized spacial score (nSPS) is 15.2. The van der Waals surface area contributed by atoms with E-state index in [-0.39, 0.29) is 0 Å². The summed E-state index contributed by atoms with van der Waals surface area (Å²) in [7, 11) is 0. The van der Waals surface area contributed by atoms with E-state index >= 15 is 0 Å². The fourth-order valence-electron chi connectivity index (χ4n) is 4.20. The Morgan fingerprint density at radius 3 is 2.54 bits per heavy atom. The van der Waals surface area contributed by atoms with Crippen molar-refractivity contribution < 1.29 is 0 Å². The molecule has 0 bridgehead atoms. The zero-order valence-corrected chi connectivity index (χ0v) is 14.8. The number of benzene rings is 3. The molecule has 0 atom stereocenters. The van der Waals surface area contributed by atoms with Gasteiger partial charge in [0.15, 0.2) is 0 Å². The number of nitrogens with one attached hydrogen (secondary N) is 1. The van der Waals surface area contributed by atoms with Crippen LogP contribution in [-0.4, -0.2) is 13.1 Å². The van der Waals surface area contributed by atoms with Gasteiger partial charge in [0.2, 0.25) is 0 Å². The molecule has 1 N–H and O–H groups in total. The van der Waals surface area contributed by atoms with Gasteiger partial charge in [-0.1, -0.05) is 60.7 Å². The molecule has 1 aliphatic heterocycles. The highest BCUT2D eigenvalue weighted by molar-refractivity contribution is 5.86. The van der Waals surface area contributed by atoms with Crippen LogP contribution >= 0.6 is 0 Å². The topological polar surface area (TPSA) is 15.3 Å². The Hall–Kier alpha value is -3.00. The van der Waals surface area contributed by atoms with E-state index in [1.165, 1.54) is 39.3 Å². The number of nitrogens with zero attached hydrogens (tertiary/aromatic N) is 1. The van der Waals surface area contributed by atoms with Gasteiger partial charge in [0.05, 0.1) is 11.4 Å². The third kappa shape index (κ3) is 2.50. The van der Waals surface area contributed by atoms with Crippen molar-refractivity contribution in [3.63, 3.8) is 0 Å². The highest BCUT2D eigenvalue weighted by Gasteiger charge is 2.24. The molecule has 0 saturated carbocycles. The van der Waals surface area contributed by atoms with E-state index in [0.717, 1.165) is 25.9 Å². The van der Waals surface area contributed by atoms with Crippen molar-refractivity contribution in [3.05, 3.63) is 90.0 Å². The van der Waals surface area contributed by atoms with Crippen LogP contribution in [0, 0.1) is 0 Å². The predicted molar refractivity (Wildman–Crippen MR) is 110 cm³/mol. The van der Waals surface area contributed by atoms with Gasteiger partial charge in [0.25, 0.3) is 0 Å². The van der Waals surface area contributed by atoms with Crippen LogP contribution < -0.4 is 10.2 Å². The van der Waals surface area contributed by atoms with Gasteiger partial charge in [0.1, 0.15) is 0 Å². The van der Waals surface area contributed by atoms with Crippen molar-refractivity contribution in [2.75, 3.05) is 23.3 Å². The summed E-state index contributed by atoms with van der Waals surface area (Å²) in [6.45, 7) is 1.87. The zero-order chi connectivity index (χ0) is 17.3. The summed E-state index contributed by atoms with van der Waals surface area (Å²) >= 11 is 0. The first-order valence-electron chi connectivity index (χ1n) is 9.37. The third-order valence-electron chi connectivity index (χ3n) is 5.41. The minimum atomic E-state index is 0.878. The largest absolute Gasteiger partial charge is 0.380 e. The van der Waals surface area contributed by atoms with E-state index in [9.17, 15) is 0 Å². The van der Waals surface area contributed by atoms with E-state index in [0.29, 0.717) is 0 Å². The van der Waals surface area contributed by atoms with Crippen LogP contribution in [0.15, 0.2) is 78.9 Å². The van der Waals surface area contributed by atoms with Crippen LogP contribution in [-0.2, 0) is 6.42 Å². The second-order valence-corrected chi connectivity index (χ2v) is 6.95. The van der Waals surface area contributed by atoms with Gasteiger partial charge in [-0.25, -0.2) is 0 Å². The van der Waals surface area contributed by atoms with Gasteiger partial charge in [-0.15, -0.1) is 0 Å². The number of para-hydroxylation sites is 2. The molecule has 0 spiro atoms. The minimum absolute atomic E-state index is 0.878. The number of fused-ring (bicyclic) bond motifs is 4. The Balaban J connectivity index is 1.66. The summed E-state index contributed by atoms with van der Waals surface area (Å²) in [4.78, 5) is 2.49. The van der Waals surface area contributed by atoms with Crippen LogP contribution in [0.5, 0.6) is 0 Å². The number of rotatable bonds is 1. The van der Waals surface area contributed by atoms with Crippen LogP contribution in [0.25, 0.3) is 11.1 Å². The Labute approximate surface area is 154 Å². The standard InChI is InChI=1S/C24H22N2/c1-6-15-25-22-12-4-5-13-24(22)26(16-7-1)23-14-8-11-20-19-10-3-2-9-18(19)17-21(20)23/h1-6,8-14,25H,7,15-17H2. The molecule has 0 amide bonds. The molecule has 1 heterocycles. The smallest absolute Gasteiger partial charge is 0.0646 e. The van der Waals surface area contributed by atoms with Gasteiger partial charge >= 0.3 is 0 Å². The maximum absolute atomic E-state index is 3.56. The molecule has 2 heteroatoms. The molecule has 2 aliphatic rings. The summed E-state index contributed by atoms with van der Waals surface area (Å²) in [5, 5.41) is 3.56. The average Bonchev–Trinajstić information content (AvgIpc) is 3.11. The third-order valence-corrected chi connectivity index (χ3v) is 5.41. The van der Waals surface area contributed by atoms with Gasteiger partial charge in [-0.3, -0.25) is 0 Å². The zero-order valence-electron chi connectivity index (χ0n) is 14.8. The average molecular weight is 338 g/mol. The number of anilines is 3. The summed E-state index contributed by atoms with van der Waals surface area (Å²) in [5.74, 6) is 0. The van der Waals surface area contributed by atoms with Crippen LogP contribution in [0.2, 0.25) is 0 Å². The van der Waals surface area contributed by atoms with Crippen molar-refractivity contribution >= 4 is 17.1 Å². The first-order chi connectivity index (χ1) is 12.9. The molecule has 1 aliphatic carbocycles. The van der Waals surface area contributed by atoms with Crippen molar-refractivity contribution in [1.29, 1.82) is 0 Å². The molecule has 0 saturated heterocycles. The van der Waals surface area contributed by atoms with E-state index in [2.05, 4.69) is 89.1 Å². The summed E-state index contributed by atoms with van der Waals surface area (Å²) in [6.07, 6.45) is 6.57. The van der Waals surface area contributed by atoms with Gasteiger partial charge < -0.3 is 10.2 Å². The maximum atomic E-state index is 3.56. The predicted octanol–water partition coefficient (Wildman–Crippen LogP) is 5.77. The quantitative estimate of drug-likeness (QED) is 0.443. The van der Waals surface area contributed by atoms with Crippen molar-refractivity contribution in [3.8, 4) is 11.1 Å². The molecule has 3 aromatic rings. The fraction of sp³-hybridized carbons (Fsp3) is 0.167. The number of hydrogen-bond donors (Lipinski definition) is 1. The van der Waals surface area contributed by atoms with Crippen LogP contribution in [0.1, 0.15) is 17.5 Å². The summed E-state index contributed by atoms with van der Waals surface area (Å²) in [5.41, 5.74) is 9.46.